The third-order valence-corrected chi connectivity index (χ3v) is 3.06. The number of fused-ring (bicyclic) bond motifs is 1. The Balaban J connectivity index is 2.51. The largest absolute Gasteiger partial charge is 0.382 e. The van der Waals surface area contributed by atoms with Crippen molar-refractivity contribution in [1.82, 2.24) is 0 Å². The van der Waals surface area contributed by atoms with Crippen LogP contribution in [0.4, 0.5) is 0 Å². The summed E-state index contributed by atoms with van der Waals surface area (Å²) in [6.45, 7) is 1.83. The minimum Gasteiger partial charge on any atom is -0.382 e. The van der Waals surface area contributed by atoms with Gasteiger partial charge in [0.15, 0.2) is 11.5 Å². The van der Waals surface area contributed by atoms with E-state index in [2.05, 4.69) is 0 Å². The quantitative estimate of drug-likeness (QED) is 0.733. The molecule has 4 nitrogen and oxygen atoms in total. The highest BCUT2D eigenvalue weighted by Crippen LogP contribution is 2.33. The third-order valence-electron chi connectivity index (χ3n) is 2.57. The van der Waals surface area contributed by atoms with Crippen LogP contribution < -0.4 is 4.18 Å². The van der Waals surface area contributed by atoms with Crippen molar-refractivity contribution in [2.24, 2.45) is 5.92 Å². The van der Waals surface area contributed by atoms with E-state index in [9.17, 15) is 13.2 Å². The molecule has 1 aliphatic carbocycles. The maximum absolute atomic E-state index is 11.8. The van der Waals surface area contributed by atoms with Crippen molar-refractivity contribution in [1.29, 1.82) is 0 Å². The molecule has 0 spiro atoms. The number of carbonyl (C=O) groups excluding carboxylic acids is 1. The Bertz CT molecular complexity index is 545. The van der Waals surface area contributed by atoms with Gasteiger partial charge in [-0.05, 0) is 18.1 Å². The monoisotopic (exact) mass is 240 g/mol. The molecule has 0 saturated heterocycles. The molecule has 0 amide bonds. The van der Waals surface area contributed by atoms with Gasteiger partial charge in [0, 0.05) is 5.92 Å². The third kappa shape index (κ3) is 1.95. The molecule has 2 rings (SSSR count). The van der Waals surface area contributed by atoms with Crippen LogP contribution >= 0.6 is 0 Å². The molecule has 0 aromatic heterocycles. The molecule has 0 bridgehead atoms. The molecule has 1 atom stereocenters. The second kappa shape index (κ2) is 3.59. The number of rotatable bonds is 2. The molecule has 0 aliphatic heterocycles. The van der Waals surface area contributed by atoms with Gasteiger partial charge in [0.25, 0.3) is 0 Å². The first-order valence-corrected chi connectivity index (χ1v) is 6.75. The first kappa shape index (κ1) is 11.1. The second-order valence-corrected chi connectivity index (χ2v) is 5.62. The molecule has 0 N–H and O–H groups in total. The summed E-state index contributed by atoms with van der Waals surface area (Å²) in [6, 6.07) is 5.03. The Labute approximate surface area is 94.4 Å². The highest BCUT2D eigenvalue weighted by atomic mass is 32.2. The summed E-state index contributed by atoms with van der Waals surface area (Å²) in [4.78, 5) is 11.8. The molecule has 0 heterocycles. The van der Waals surface area contributed by atoms with E-state index in [1.807, 2.05) is 13.0 Å². The van der Waals surface area contributed by atoms with E-state index in [1.165, 1.54) is 6.07 Å². The van der Waals surface area contributed by atoms with Crippen LogP contribution in [0.25, 0.3) is 0 Å². The lowest BCUT2D eigenvalue weighted by molar-refractivity contribution is 0.0945. The van der Waals surface area contributed by atoms with Crippen molar-refractivity contribution in [3.63, 3.8) is 0 Å². The zero-order valence-electron chi connectivity index (χ0n) is 9.06. The highest BCUT2D eigenvalue weighted by Gasteiger charge is 2.30. The molecule has 0 radical (unpaired) electrons. The van der Waals surface area contributed by atoms with Crippen molar-refractivity contribution in [2.45, 2.75) is 13.3 Å². The van der Waals surface area contributed by atoms with E-state index in [4.69, 9.17) is 4.18 Å². The Hall–Kier alpha value is -1.36. The Morgan fingerprint density at radius 1 is 1.38 bits per heavy atom. The van der Waals surface area contributed by atoms with Crippen LogP contribution in [0.2, 0.25) is 0 Å². The zero-order valence-corrected chi connectivity index (χ0v) is 9.87. The summed E-state index contributed by atoms with van der Waals surface area (Å²) in [6.07, 6.45) is 1.62. The fourth-order valence-electron chi connectivity index (χ4n) is 1.93. The topological polar surface area (TPSA) is 60.4 Å². The summed E-state index contributed by atoms with van der Waals surface area (Å²) < 4.78 is 26.9. The molecule has 86 valence electrons. The van der Waals surface area contributed by atoms with Crippen LogP contribution in [-0.4, -0.2) is 20.5 Å². The van der Waals surface area contributed by atoms with Gasteiger partial charge in [-0.15, -0.1) is 0 Å². The van der Waals surface area contributed by atoms with Crippen LogP contribution in [0.1, 0.15) is 22.8 Å². The lowest BCUT2D eigenvalue weighted by Crippen LogP contribution is -2.10. The normalized spacial score (nSPS) is 19.6. The number of carbonyl (C=O) groups is 1. The van der Waals surface area contributed by atoms with Gasteiger partial charge >= 0.3 is 10.1 Å². The standard InChI is InChI=1S/C11H12O4S/c1-7-6-8-4-3-5-9(10(8)11(7)12)15-16(2,13)14/h3-5,7H,6H2,1-2H3. The van der Waals surface area contributed by atoms with Crippen molar-refractivity contribution in [3.05, 3.63) is 29.3 Å². The fraction of sp³-hybridized carbons (Fsp3) is 0.364. The van der Waals surface area contributed by atoms with Crippen molar-refractivity contribution < 1.29 is 17.4 Å². The molecule has 0 saturated carbocycles. The number of hydrogen-bond donors (Lipinski definition) is 0. The maximum Gasteiger partial charge on any atom is 0.306 e. The summed E-state index contributed by atoms with van der Waals surface area (Å²) in [5.74, 6) is 0.00269. The maximum atomic E-state index is 11.8. The number of Topliss-reactive ketones (excluding diaryl/α,β-unsaturated/α-hetero) is 1. The average molecular weight is 240 g/mol. The molecular weight excluding hydrogens is 228 g/mol. The van der Waals surface area contributed by atoms with Gasteiger partial charge in [-0.2, -0.15) is 8.42 Å². The Kier molecular flexibility index (Phi) is 2.50. The van der Waals surface area contributed by atoms with Gasteiger partial charge in [-0.3, -0.25) is 4.79 Å². The predicted molar refractivity (Wildman–Crippen MR) is 59.1 cm³/mol. The van der Waals surface area contributed by atoms with Gasteiger partial charge in [0.05, 0.1) is 11.8 Å². The van der Waals surface area contributed by atoms with E-state index in [0.717, 1.165) is 11.8 Å². The van der Waals surface area contributed by atoms with Crippen molar-refractivity contribution in [3.8, 4) is 5.75 Å². The summed E-state index contributed by atoms with van der Waals surface area (Å²) >= 11 is 0. The molecule has 16 heavy (non-hydrogen) atoms. The first-order valence-electron chi connectivity index (χ1n) is 4.94. The molecule has 1 aromatic rings. The van der Waals surface area contributed by atoms with Gasteiger partial charge in [0.1, 0.15) is 0 Å². The molecular formula is C11H12O4S. The average Bonchev–Trinajstić information content (AvgIpc) is 2.41. The van der Waals surface area contributed by atoms with Crippen LogP contribution in [0, 0.1) is 5.92 Å². The fourth-order valence-corrected chi connectivity index (χ4v) is 2.39. The second-order valence-electron chi connectivity index (χ2n) is 4.05. The predicted octanol–water partition coefficient (Wildman–Crippen LogP) is 1.40. The minimum atomic E-state index is -3.59. The van der Waals surface area contributed by atoms with Crippen molar-refractivity contribution in [2.75, 3.05) is 6.26 Å². The molecule has 1 aromatic carbocycles. The van der Waals surface area contributed by atoms with E-state index < -0.39 is 10.1 Å². The summed E-state index contributed by atoms with van der Waals surface area (Å²) in [5.41, 5.74) is 1.28. The lowest BCUT2D eigenvalue weighted by Gasteiger charge is -2.07. The minimum absolute atomic E-state index is 0.0470. The van der Waals surface area contributed by atoms with Crippen molar-refractivity contribution >= 4 is 15.9 Å². The molecule has 1 unspecified atom stereocenters. The lowest BCUT2D eigenvalue weighted by atomic mass is 10.1. The smallest absolute Gasteiger partial charge is 0.306 e. The van der Waals surface area contributed by atoms with Gasteiger partial charge in [-0.25, -0.2) is 0 Å². The zero-order chi connectivity index (χ0) is 11.9. The van der Waals surface area contributed by atoms with Gasteiger partial charge in [0.2, 0.25) is 0 Å². The van der Waals surface area contributed by atoms with Crippen LogP contribution in [0.5, 0.6) is 5.75 Å². The summed E-state index contributed by atoms with van der Waals surface area (Å²) in [5, 5.41) is 0. The Morgan fingerprint density at radius 3 is 2.69 bits per heavy atom. The van der Waals surface area contributed by atoms with Crippen LogP contribution in [0.3, 0.4) is 0 Å². The number of benzene rings is 1. The van der Waals surface area contributed by atoms with Gasteiger partial charge in [-0.1, -0.05) is 19.1 Å². The van der Waals surface area contributed by atoms with E-state index >= 15 is 0 Å². The first-order chi connectivity index (χ1) is 7.38. The van der Waals surface area contributed by atoms with E-state index in [1.54, 1.807) is 6.07 Å². The highest BCUT2D eigenvalue weighted by molar-refractivity contribution is 7.86. The van der Waals surface area contributed by atoms with E-state index in [-0.39, 0.29) is 17.5 Å². The van der Waals surface area contributed by atoms with Crippen LogP contribution in [0.15, 0.2) is 18.2 Å². The van der Waals surface area contributed by atoms with Crippen LogP contribution in [-0.2, 0) is 16.5 Å². The summed E-state index contributed by atoms with van der Waals surface area (Å²) in [7, 11) is -3.59. The SMILES string of the molecule is CC1Cc2cccc(OS(C)(=O)=O)c2C1=O. The molecule has 0 fully saturated rings. The Morgan fingerprint density at radius 2 is 2.06 bits per heavy atom. The van der Waals surface area contributed by atoms with Gasteiger partial charge < -0.3 is 4.18 Å². The van der Waals surface area contributed by atoms with E-state index in [0.29, 0.717) is 12.0 Å². The molecule has 5 heteroatoms. The molecule has 1 aliphatic rings. The number of ketones is 1. The number of hydrogen-bond acceptors (Lipinski definition) is 4.